The Labute approximate surface area is 116 Å². The first-order chi connectivity index (χ1) is 8.65. The zero-order valence-electron chi connectivity index (χ0n) is 10.2. The fraction of sp³-hybridized carbons (Fsp3) is 0.357. The maximum atomic E-state index is 6.15. The van der Waals surface area contributed by atoms with Crippen molar-refractivity contribution in [1.29, 1.82) is 0 Å². The Bertz CT molecular complexity index is 591. The van der Waals surface area contributed by atoms with Gasteiger partial charge in [0.15, 0.2) is 0 Å². The molecule has 1 aromatic carbocycles. The van der Waals surface area contributed by atoms with Crippen molar-refractivity contribution in [3.63, 3.8) is 0 Å². The summed E-state index contributed by atoms with van der Waals surface area (Å²) in [5.41, 5.74) is 9.69. The second-order valence-corrected chi connectivity index (χ2v) is 6.26. The van der Waals surface area contributed by atoms with Crippen molar-refractivity contribution in [2.24, 2.45) is 5.73 Å². The second kappa shape index (κ2) is 4.65. The van der Waals surface area contributed by atoms with E-state index in [2.05, 4.69) is 6.92 Å². The second-order valence-electron chi connectivity index (χ2n) is 4.79. The average molecular weight is 279 g/mol. The van der Waals surface area contributed by atoms with E-state index in [0.29, 0.717) is 0 Å². The number of nitrogens with two attached hydrogens (primary N) is 1. The van der Waals surface area contributed by atoms with Gasteiger partial charge in [-0.15, -0.1) is 11.3 Å². The van der Waals surface area contributed by atoms with E-state index in [0.717, 1.165) is 29.3 Å². The zero-order chi connectivity index (χ0) is 12.7. The van der Waals surface area contributed by atoms with E-state index in [1.54, 1.807) is 11.3 Å². The van der Waals surface area contributed by atoms with Gasteiger partial charge in [-0.25, -0.2) is 4.98 Å². The summed E-state index contributed by atoms with van der Waals surface area (Å²) < 4.78 is 0. The van der Waals surface area contributed by atoms with Gasteiger partial charge in [-0.3, -0.25) is 0 Å². The van der Waals surface area contributed by atoms with Crippen molar-refractivity contribution in [3.8, 4) is 10.6 Å². The lowest BCUT2D eigenvalue weighted by atomic mass is 9.99. The molecule has 0 bridgehead atoms. The maximum Gasteiger partial charge on any atom is 0.124 e. The molecule has 0 saturated heterocycles. The maximum absolute atomic E-state index is 6.15. The molecule has 3 rings (SSSR count). The third-order valence-electron chi connectivity index (χ3n) is 3.41. The van der Waals surface area contributed by atoms with Crippen LogP contribution in [0.5, 0.6) is 0 Å². The lowest BCUT2D eigenvalue weighted by Crippen LogP contribution is -2.15. The molecule has 1 aromatic heterocycles. The number of aromatic nitrogens is 1. The molecule has 0 radical (unpaired) electrons. The summed E-state index contributed by atoms with van der Waals surface area (Å²) in [7, 11) is 0. The predicted octanol–water partition coefficient (Wildman–Crippen LogP) is 4.11. The Kier molecular flexibility index (Phi) is 3.14. The summed E-state index contributed by atoms with van der Waals surface area (Å²) in [6.07, 6.45) is 3.29. The monoisotopic (exact) mass is 278 g/mol. The first-order valence-corrected chi connectivity index (χ1v) is 7.36. The van der Waals surface area contributed by atoms with E-state index in [-0.39, 0.29) is 6.04 Å². The average Bonchev–Trinajstić information content (AvgIpc) is 2.74. The topological polar surface area (TPSA) is 38.9 Å². The molecule has 1 heterocycles. The molecule has 1 atom stereocenters. The number of hydrogen-bond acceptors (Lipinski definition) is 3. The summed E-state index contributed by atoms with van der Waals surface area (Å²) in [5, 5.41) is 1.85. The summed E-state index contributed by atoms with van der Waals surface area (Å²) in [6, 6.07) is 6.13. The largest absolute Gasteiger partial charge is 0.323 e. The quantitative estimate of drug-likeness (QED) is 0.853. The third kappa shape index (κ3) is 2.07. The summed E-state index contributed by atoms with van der Waals surface area (Å²) in [4.78, 5) is 6.03. The van der Waals surface area contributed by atoms with Gasteiger partial charge in [-0.1, -0.05) is 17.7 Å². The Morgan fingerprint density at radius 1 is 1.44 bits per heavy atom. The molecule has 1 aliphatic rings. The molecule has 1 unspecified atom stereocenters. The van der Waals surface area contributed by atoms with Crippen LogP contribution in [0.1, 0.15) is 35.0 Å². The SMILES string of the molecule is Cc1cc(Cl)ccc1-c1nc2c(s1)C(N)CCC2. The molecule has 2 nitrogen and oxygen atoms in total. The zero-order valence-corrected chi connectivity index (χ0v) is 11.8. The van der Waals surface area contributed by atoms with Crippen LogP contribution in [-0.4, -0.2) is 4.98 Å². The molecule has 18 heavy (non-hydrogen) atoms. The van der Waals surface area contributed by atoms with Gasteiger partial charge in [0.1, 0.15) is 5.01 Å². The van der Waals surface area contributed by atoms with E-state index in [1.807, 2.05) is 18.2 Å². The van der Waals surface area contributed by atoms with Crippen LogP contribution in [0, 0.1) is 6.92 Å². The molecule has 2 aromatic rings. The van der Waals surface area contributed by atoms with E-state index >= 15 is 0 Å². The number of thiazole rings is 1. The lowest BCUT2D eigenvalue weighted by Gasteiger charge is -2.15. The molecular formula is C14H15ClN2S. The van der Waals surface area contributed by atoms with Crippen LogP contribution < -0.4 is 5.73 Å². The minimum absolute atomic E-state index is 0.174. The third-order valence-corrected chi connectivity index (χ3v) is 4.91. The predicted molar refractivity (Wildman–Crippen MR) is 77.2 cm³/mol. The number of hydrogen-bond donors (Lipinski definition) is 1. The first-order valence-electron chi connectivity index (χ1n) is 6.17. The molecule has 0 saturated carbocycles. The van der Waals surface area contributed by atoms with Gasteiger partial charge < -0.3 is 5.73 Å². The van der Waals surface area contributed by atoms with Crippen molar-refractivity contribution in [2.75, 3.05) is 0 Å². The van der Waals surface area contributed by atoms with E-state index in [1.165, 1.54) is 21.7 Å². The number of fused-ring (bicyclic) bond motifs is 1. The van der Waals surface area contributed by atoms with Gasteiger partial charge in [-0.2, -0.15) is 0 Å². The highest BCUT2D eigenvalue weighted by molar-refractivity contribution is 7.15. The number of halogens is 1. The molecule has 0 spiro atoms. The van der Waals surface area contributed by atoms with Crippen molar-refractivity contribution >= 4 is 22.9 Å². The Morgan fingerprint density at radius 3 is 3.00 bits per heavy atom. The highest BCUT2D eigenvalue weighted by atomic mass is 35.5. The van der Waals surface area contributed by atoms with Crippen molar-refractivity contribution in [1.82, 2.24) is 4.98 Å². The van der Waals surface area contributed by atoms with Gasteiger partial charge in [0.25, 0.3) is 0 Å². The van der Waals surface area contributed by atoms with Crippen LogP contribution in [0.15, 0.2) is 18.2 Å². The molecule has 2 N–H and O–H groups in total. The summed E-state index contributed by atoms with van der Waals surface area (Å²) >= 11 is 7.73. The van der Waals surface area contributed by atoms with Crippen molar-refractivity contribution < 1.29 is 0 Å². The van der Waals surface area contributed by atoms with Gasteiger partial charge in [0.05, 0.1) is 5.69 Å². The smallest absolute Gasteiger partial charge is 0.124 e. The molecule has 0 amide bonds. The molecule has 1 aliphatic carbocycles. The van der Waals surface area contributed by atoms with Crippen LogP contribution in [0.2, 0.25) is 5.02 Å². The molecule has 0 aliphatic heterocycles. The van der Waals surface area contributed by atoms with E-state index < -0.39 is 0 Å². The number of aryl methyl sites for hydroxylation is 2. The van der Waals surface area contributed by atoms with Gasteiger partial charge in [-0.05, 0) is 43.9 Å². The molecule has 0 fully saturated rings. The number of rotatable bonds is 1. The first kappa shape index (κ1) is 12.2. The van der Waals surface area contributed by atoms with E-state index in [9.17, 15) is 0 Å². The minimum atomic E-state index is 0.174. The Balaban J connectivity index is 2.07. The molecule has 4 heteroatoms. The highest BCUT2D eigenvalue weighted by Gasteiger charge is 2.22. The van der Waals surface area contributed by atoms with E-state index in [4.69, 9.17) is 22.3 Å². The van der Waals surface area contributed by atoms with Crippen LogP contribution in [0.3, 0.4) is 0 Å². The number of benzene rings is 1. The van der Waals surface area contributed by atoms with Crippen LogP contribution >= 0.6 is 22.9 Å². The summed E-state index contributed by atoms with van der Waals surface area (Å²) in [6.45, 7) is 2.07. The number of nitrogens with zero attached hydrogens (tertiary/aromatic N) is 1. The summed E-state index contributed by atoms with van der Waals surface area (Å²) in [5.74, 6) is 0. The Hall–Kier alpha value is -0.900. The lowest BCUT2D eigenvalue weighted by molar-refractivity contribution is 0.573. The van der Waals surface area contributed by atoms with Crippen molar-refractivity contribution in [3.05, 3.63) is 39.4 Å². The van der Waals surface area contributed by atoms with Crippen molar-refractivity contribution in [2.45, 2.75) is 32.2 Å². The highest BCUT2D eigenvalue weighted by Crippen LogP contribution is 2.38. The van der Waals surface area contributed by atoms with Crippen LogP contribution in [0.4, 0.5) is 0 Å². The standard InChI is InChI=1S/C14H15ClN2S/c1-8-7-9(15)5-6-10(8)14-17-12-4-2-3-11(16)13(12)18-14/h5-7,11H,2-4,16H2,1H3. The van der Waals surface area contributed by atoms with Crippen LogP contribution in [0.25, 0.3) is 10.6 Å². The minimum Gasteiger partial charge on any atom is -0.323 e. The van der Waals surface area contributed by atoms with Gasteiger partial charge in [0, 0.05) is 21.5 Å². The Morgan fingerprint density at radius 2 is 2.28 bits per heavy atom. The fourth-order valence-corrected chi connectivity index (χ4v) is 3.90. The molecular weight excluding hydrogens is 264 g/mol. The normalized spacial score (nSPS) is 18.7. The fourth-order valence-electron chi connectivity index (χ4n) is 2.44. The van der Waals surface area contributed by atoms with Crippen LogP contribution in [-0.2, 0) is 6.42 Å². The van der Waals surface area contributed by atoms with Gasteiger partial charge >= 0.3 is 0 Å². The van der Waals surface area contributed by atoms with Gasteiger partial charge in [0.2, 0.25) is 0 Å². The molecule has 94 valence electrons.